The van der Waals surface area contributed by atoms with Gasteiger partial charge in [-0.15, -0.1) is 24.0 Å². The quantitative estimate of drug-likeness (QED) is 0.339. The Bertz CT molecular complexity index is 326. The number of ether oxygens (including phenoxy) is 1. The molecule has 22 heavy (non-hydrogen) atoms. The molecule has 2 saturated carbocycles. The van der Waals surface area contributed by atoms with E-state index in [1.807, 2.05) is 0 Å². The molecule has 0 heterocycles. The Morgan fingerprint density at radius 2 is 1.95 bits per heavy atom. The molecular formula is C17H34IN3O. The number of methoxy groups -OCH3 is 1. The van der Waals surface area contributed by atoms with Gasteiger partial charge in [-0.25, -0.2) is 0 Å². The van der Waals surface area contributed by atoms with Gasteiger partial charge in [0, 0.05) is 33.4 Å². The Balaban J connectivity index is 0.00000242. The second kappa shape index (κ2) is 10.7. The maximum Gasteiger partial charge on any atom is 0.191 e. The molecule has 0 aromatic heterocycles. The van der Waals surface area contributed by atoms with E-state index in [1.165, 1.54) is 44.9 Å². The van der Waals surface area contributed by atoms with Crippen LogP contribution in [0, 0.1) is 11.3 Å². The van der Waals surface area contributed by atoms with E-state index in [1.54, 1.807) is 7.11 Å². The van der Waals surface area contributed by atoms with E-state index in [-0.39, 0.29) is 24.0 Å². The van der Waals surface area contributed by atoms with E-state index in [0.29, 0.717) is 5.41 Å². The average molecular weight is 423 g/mol. The van der Waals surface area contributed by atoms with Crippen LogP contribution in [0.1, 0.15) is 58.3 Å². The zero-order chi connectivity index (χ0) is 15.0. The molecule has 0 aliphatic heterocycles. The van der Waals surface area contributed by atoms with Gasteiger partial charge >= 0.3 is 0 Å². The Morgan fingerprint density at radius 3 is 2.55 bits per heavy atom. The van der Waals surface area contributed by atoms with Gasteiger partial charge in [0.15, 0.2) is 5.96 Å². The molecule has 0 spiro atoms. The Hall–Kier alpha value is -0.0400. The Labute approximate surface area is 153 Å². The summed E-state index contributed by atoms with van der Waals surface area (Å²) in [5, 5.41) is 6.88. The highest BCUT2D eigenvalue weighted by atomic mass is 127. The van der Waals surface area contributed by atoms with Crippen molar-refractivity contribution in [2.24, 2.45) is 16.3 Å². The van der Waals surface area contributed by atoms with Gasteiger partial charge in [-0.1, -0.05) is 25.7 Å². The monoisotopic (exact) mass is 423 g/mol. The summed E-state index contributed by atoms with van der Waals surface area (Å²) in [6.45, 7) is 5.92. The van der Waals surface area contributed by atoms with Gasteiger partial charge in [-0.05, 0) is 43.9 Å². The summed E-state index contributed by atoms with van der Waals surface area (Å²) in [7, 11) is 1.80. The maximum absolute atomic E-state index is 5.30. The van der Waals surface area contributed by atoms with E-state index in [4.69, 9.17) is 9.73 Å². The van der Waals surface area contributed by atoms with Crippen molar-refractivity contribution in [2.75, 3.05) is 33.4 Å². The first kappa shape index (κ1) is 20.0. The molecule has 4 nitrogen and oxygen atoms in total. The van der Waals surface area contributed by atoms with Crippen molar-refractivity contribution in [3.8, 4) is 0 Å². The third-order valence-electron chi connectivity index (χ3n) is 4.96. The molecule has 2 rings (SSSR count). The highest BCUT2D eigenvalue weighted by molar-refractivity contribution is 14.0. The van der Waals surface area contributed by atoms with Crippen LogP contribution in [0.5, 0.6) is 0 Å². The molecule has 2 aliphatic carbocycles. The fraction of sp³-hybridized carbons (Fsp3) is 0.941. The SMILES string of the molecule is CCNC(=NCC1(CCOC)CCCC1)NCCC1CC1.I. The Morgan fingerprint density at radius 1 is 1.23 bits per heavy atom. The minimum atomic E-state index is 0. The molecule has 0 bridgehead atoms. The molecule has 0 atom stereocenters. The number of aliphatic imine (C=N–C) groups is 1. The molecule has 2 fully saturated rings. The summed E-state index contributed by atoms with van der Waals surface area (Å²) in [6.07, 6.45) is 10.6. The zero-order valence-corrected chi connectivity index (χ0v) is 16.7. The van der Waals surface area contributed by atoms with Crippen LogP contribution in [-0.2, 0) is 4.74 Å². The van der Waals surface area contributed by atoms with Crippen LogP contribution in [0.15, 0.2) is 4.99 Å². The van der Waals surface area contributed by atoms with Gasteiger partial charge in [0.05, 0.1) is 0 Å². The normalized spacial score (nSPS) is 20.5. The molecule has 130 valence electrons. The second-order valence-corrected chi connectivity index (χ2v) is 6.80. The first-order chi connectivity index (χ1) is 10.3. The zero-order valence-electron chi connectivity index (χ0n) is 14.3. The number of nitrogens with zero attached hydrogens (tertiary/aromatic N) is 1. The van der Waals surface area contributed by atoms with Crippen molar-refractivity contribution in [1.29, 1.82) is 0 Å². The standard InChI is InChI=1S/C17H33N3O.HI/c1-3-18-16(19-12-8-15-6-7-15)20-14-17(11-13-21-2)9-4-5-10-17;/h15H,3-14H2,1-2H3,(H2,18,19,20);1H. The van der Waals surface area contributed by atoms with Crippen molar-refractivity contribution in [3.05, 3.63) is 0 Å². The van der Waals surface area contributed by atoms with Gasteiger partial charge in [0.2, 0.25) is 0 Å². The predicted octanol–water partition coefficient (Wildman–Crippen LogP) is 3.56. The van der Waals surface area contributed by atoms with E-state index >= 15 is 0 Å². The molecule has 5 heteroatoms. The lowest BCUT2D eigenvalue weighted by Crippen LogP contribution is -2.39. The van der Waals surface area contributed by atoms with Crippen molar-refractivity contribution in [1.82, 2.24) is 10.6 Å². The Kier molecular flexibility index (Phi) is 9.71. The summed E-state index contributed by atoms with van der Waals surface area (Å²) >= 11 is 0. The number of nitrogens with one attached hydrogen (secondary N) is 2. The summed E-state index contributed by atoms with van der Waals surface area (Å²) in [4.78, 5) is 4.88. The number of rotatable bonds is 9. The summed E-state index contributed by atoms with van der Waals surface area (Å²) < 4.78 is 5.30. The van der Waals surface area contributed by atoms with Gasteiger partial charge < -0.3 is 15.4 Å². The van der Waals surface area contributed by atoms with Gasteiger partial charge in [0.1, 0.15) is 0 Å². The fourth-order valence-corrected chi connectivity index (χ4v) is 3.32. The summed E-state index contributed by atoms with van der Waals surface area (Å²) in [5.74, 6) is 1.98. The molecule has 0 radical (unpaired) electrons. The molecule has 0 amide bonds. The lowest BCUT2D eigenvalue weighted by Gasteiger charge is -2.27. The van der Waals surface area contributed by atoms with E-state index < -0.39 is 0 Å². The molecule has 2 N–H and O–H groups in total. The molecule has 0 saturated heterocycles. The minimum Gasteiger partial charge on any atom is -0.385 e. The lowest BCUT2D eigenvalue weighted by atomic mass is 9.83. The largest absolute Gasteiger partial charge is 0.385 e. The van der Waals surface area contributed by atoms with Crippen LogP contribution >= 0.6 is 24.0 Å². The first-order valence-electron chi connectivity index (χ1n) is 8.79. The van der Waals surface area contributed by atoms with Crippen LogP contribution in [0.2, 0.25) is 0 Å². The van der Waals surface area contributed by atoms with E-state index in [0.717, 1.165) is 44.5 Å². The second-order valence-electron chi connectivity index (χ2n) is 6.80. The molecule has 0 aromatic rings. The first-order valence-corrected chi connectivity index (χ1v) is 8.79. The van der Waals surface area contributed by atoms with E-state index in [2.05, 4.69) is 17.6 Å². The van der Waals surface area contributed by atoms with Crippen molar-refractivity contribution >= 4 is 29.9 Å². The predicted molar refractivity (Wildman–Crippen MR) is 104 cm³/mol. The third-order valence-corrected chi connectivity index (χ3v) is 4.96. The van der Waals surface area contributed by atoms with Gasteiger partial charge in [-0.3, -0.25) is 4.99 Å². The smallest absolute Gasteiger partial charge is 0.191 e. The number of guanidine groups is 1. The number of halogens is 1. The van der Waals surface area contributed by atoms with E-state index in [9.17, 15) is 0 Å². The number of hydrogen-bond acceptors (Lipinski definition) is 2. The molecular weight excluding hydrogens is 389 g/mol. The molecule has 0 unspecified atom stereocenters. The number of hydrogen-bond donors (Lipinski definition) is 2. The third kappa shape index (κ3) is 7.02. The highest BCUT2D eigenvalue weighted by Gasteiger charge is 2.33. The van der Waals surface area contributed by atoms with Crippen LogP contribution in [0.4, 0.5) is 0 Å². The summed E-state index contributed by atoms with van der Waals surface area (Å²) in [6, 6.07) is 0. The van der Waals surface area contributed by atoms with Crippen molar-refractivity contribution in [3.63, 3.8) is 0 Å². The summed E-state index contributed by atoms with van der Waals surface area (Å²) in [5.41, 5.74) is 0.384. The van der Waals surface area contributed by atoms with Crippen LogP contribution < -0.4 is 10.6 Å². The van der Waals surface area contributed by atoms with Gasteiger partial charge in [-0.2, -0.15) is 0 Å². The average Bonchev–Trinajstić information content (AvgIpc) is 3.20. The molecule has 2 aliphatic rings. The topological polar surface area (TPSA) is 45.7 Å². The fourth-order valence-electron chi connectivity index (χ4n) is 3.32. The van der Waals surface area contributed by atoms with Crippen molar-refractivity contribution in [2.45, 2.75) is 58.3 Å². The lowest BCUT2D eigenvalue weighted by molar-refractivity contribution is 0.141. The van der Waals surface area contributed by atoms with Crippen molar-refractivity contribution < 1.29 is 4.74 Å². The van der Waals surface area contributed by atoms with Crippen LogP contribution in [0.3, 0.4) is 0 Å². The van der Waals surface area contributed by atoms with Gasteiger partial charge in [0.25, 0.3) is 0 Å². The van der Waals surface area contributed by atoms with Crippen LogP contribution in [-0.4, -0.2) is 39.3 Å². The highest BCUT2D eigenvalue weighted by Crippen LogP contribution is 2.41. The van der Waals surface area contributed by atoms with Crippen LogP contribution in [0.25, 0.3) is 0 Å². The molecule has 0 aromatic carbocycles. The minimum absolute atomic E-state index is 0. The maximum atomic E-state index is 5.30.